The molecule has 1 amide bonds. The van der Waals surface area contributed by atoms with Gasteiger partial charge in [0.05, 0.1) is 29.5 Å². The van der Waals surface area contributed by atoms with E-state index < -0.39 is 0 Å². The number of carbonyl (C=O) groups excluding carboxylic acids is 1. The van der Waals surface area contributed by atoms with Gasteiger partial charge in [-0.1, -0.05) is 17.7 Å². The number of amides is 1. The number of aromatic amines is 1. The molecular formula is C26H29ClN8O3. The van der Waals surface area contributed by atoms with E-state index in [4.69, 9.17) is 26.1 Å². The maximum Gasteiger partial charge on any atom is 0.258 e. The minimum absolute atomic E-state index is 0.0269. The molecule has 0 unspecified atom stereocenters. The van der Waals surface area contributed by atoms with Gasteiger partial charge in [-0.15, -0.1) is 5.10 Å². The molecule has 38 heavy (non-hydrogen) atoms. The van der Waals surface area contributed by atoms with Crippen LogP contribution in [0.25, 0.3) is 22.3 Å². The molecule has 12 heteroatoms. The molecule has 4 rings (SSSR count). The monoisotopic (exact) mass is 536 g/mol. The van der Waals surface area contributed by atoms with Gasteiger partial charge in [0, 0.05) is 17.6 Å². The molecule has 3 heterocycles. The number of hydrogen-bond acceptors (Lipinski definition) is 8. The van der Waals surface area contributed by atoms with Gasteiger partial charge in [-0.05, 0) is 63.6 Å². The highest BCUT2D eigenvalue weighted by Crippen LogP contribution is 2.32. The minimum Gasteiger partial charge on any atom is -0.493 e. The van der Waals surface area contributed by atoms with Crippen LogP contribution in [0.5, 0.6) is 0 Å². The van der Waals surface area contributed by atoms with E-state index in [1.807, 2.05) is 51.1 Å². The van der Waals surface area contributed by atoms with Crippen LogP contribution in [0.1, 0.15) is 33.5 Å². The summed E-state index contributed by atoms with van der Waals surface area (Å²) in [6, 6.07) is 9.25. The number of anilines is 2. The highest BCUT2D eigenvalue weighted by molar-refractivity contribution is 6.38. The molecule has 0 atom stereocenters. The molecule has 198 valence electrons. The van der Waals surface area contributed by atoms with Crippen LogP contribution in [0.15, 0.2) is 60.3 Å². The lowest BCUT2D eigenvalue weighted by atomic mass is 10.2. The fourth-order valence-corrected chi connectivity index (χ4v) is 3.83. The third-order valence-electron chi connectivity index (χ3n) is 5.41. The largest absolute Gasteiger partial charge is 0.493 e. The Morgan fingerprint density at radius 3 is 2.76 bits per heavy atom. The van der Waals surface area contributed by atoms with E-state index in [-0.39, 0.29) is 18.6 Å². The van der Waals surface area contributed by atoms with Crippen LogP contribution >= 0.6 is 11.6 Å². The summed E-state index contributed by atoms with van der Waals surface area (Å²) in [5.74, 6) is 2.09. The number of nitrogens with zero attached hydrogens (tertiary/aromatic N) is 5. The smallest absolute Gasteiger partial charge is 0.258 e. The van der Waals surface area contributed by atoms with Gasteiger partial charge in [0.15, 0.2) is 24.0 Å². The summed E-state index contributed by atoms with van der Waals surface area (Å²) in [5, 5.41) is 19.0. The number of halogens is 1. The Hall–Kier alpha value is -4.38. The number of hydrogen-bond donors (Lipinski definition) is 3. The molecule has 0 spiro atoms. The number of pyridine rings is 1. The Labute approximate surface area is 224 Å². The Morgan fingerprint density at radius 2 is 2.05 bits per heavy atom. The van der Waals surface area contributed by atoms with Crippen LogP contribution in [0.2, 0.25) is 5.02 Å². The predicted octanol–water partition coefficient (Wildman–Crippen LogP) is 4.76. The maximum atomic E-state index is 12.0. The van der Waals surface area contributed by atoms with Crippen LogP contribution in [0, 0.1) is 0 Å². The Balaban J connectivity index is 1.66. The van der Waals surface area contributed by atoms with Crippen LogP contribution in [0.3, 0.4) is 0 Å². The minimum atomic E-state index is -0.214. The second-order valence-electron chi connectivity index (χ2n) is 8.70. The Bertz CT molecular complexity index is 1490. The van der Waals surface area contributed by atoms with Crippen LogP contribution in [-0.2, 0) is 14.3 Å². The summed E-state index contributed by atoms with van der Waals surface area (Å²) >= 11 is 6.63. The van der Waals surface area contributed by atoms with Crippen molar-refractivity contribution < 1.29 is 14.3 Å². The molecule has 3 aromatic heterocycles. The normalized spacial score (nSPS) is 12.4. The average molecular weight is 537 g/mol. The highest BCUT2D eigenvalue weighted by atomic mass is 35.5. The number of fused-ring (bicyclic) bond motifs is 1. The van der Waals surface area contributed by atoms with Gasteiger partial charge in [0.1, 0.15) is 5.76 Å². The van der Waals surface area contributed by atoms with E-state index in [0.29, 0.717) is 45.4 Å². The first kappa shape index (κ1) is 26.7. The van der Waals surface area contributed by atoms with Crippen molar-refractivity contribution in [1.29, 1.82) is 0 Å². The fourth-order valence-electron chi connectivity index (χ4n) is 3.57. The average Bonchev–Trinajstić information content (AvgIpc) is 3.55. The number of allylic oxidation sites excluding steroid dienone is 3. The summed E-state index contributed by atoms with van der Waals surface area (Å²) in [7, 11) is 1.53. The van der Waals surface area contributed by atoms with Crippen molar-refractivity contribution in [2.24, 2.45) is 0 Å². The number of carbonyl (C=O) groups is 1. The summed E-state index contributed by atoms with van der Waals surface area (Å²) < 4.78 is 12.7. The van der Waals surface area contributed by atoms with E-state index in [2.05, 4.69) is 30.9 Å². The summed E-state index contributed by atoms with van der Waals surface area (Å²) in [6.07, 6.45) is 5.09. The zero-order chi connectivity index (χ0) is 27.2. The molecule has 0 aliphatic carbocycles. The second-order valence-corrected chi connectivity index (χ2v) is 9.08. The molecule has 3 N–H and O–H groups in total. The first-order valence-electron chi connectivity index (χ1n) is 11.9. The molecule has 0 fully saturated rings. The lowest BCUT2D eigenvalue weighted by Crippen LogP contribution is -2.33. The van der Waals surface area contributed by atoms with Gasteiger partial charge in [-0.25, -0.2) is 4.98 Å². The van der Waals surface area contributed by atoms with Crippen LogP contribution < -0.4 is 10.6 Å². The summed E-state index contributed by atoms with van der Waals surface area (Å²) in [4.78, 5) is 21.1. The number of aromatic nitrogens is 6. The molecular weight excluding hydrogens is 508 g/mol. The molecule has 1 aromatic carbocycles. The van der Waals surface area contributed by atoms with E-state index in [1.54, 1.807) is 30.1 Å². The number of ether oxygens (including phenoxy) is 2. The van der Waals surface area contributed by atoms with Gasteiger partial charge in [-0.3, -0.25) is 9.89 Å². The van der Waals surface area contributed by atoms with Gasteiger partial charge in [-0.2, -0.15) is 14.8 Å². The SMILES string of the molecule is COC(/C=C(\C)c1nc(Nc2ccc3[nH]ncc3c2Cl)n(-c2ccccn2)n1)=C(/C)OCC(=O)NC(C)C. The maximum absolute atomic E-state index is 12.0. The number of H-pyrrole nitrogens is 1. The second kappa shape index (κ2) is 11.8. The first-order chi connectivity index (χ1) is 18.3. The molecule has 0 saturated carbocycles. The van der Waals surface area contributed by atoms with Crippen molar-refractivity contribution in [3.63, 3.8) is 0 Å². The third-order valence-corrected chi connectivity index (χ3v) is 5.82. The quantitative estimate of drug-likeness (QED) is 0.195. The number of rotatable bonds is 10. The van der Waals surface area contributed by atoms with E-state index in [1.165, 1.54) is 7.11 Å². The standard InChI is InChI=1S/C26H29ClN8O3/c1-15(2)30-23(36)14-38-17(4)21(37-5)12-16(3)25-32-26(35(34-25)22-8-6-7-11-28-22)31-20-10-9-19-18(24(20)27)13-29-33-19/h6-13,15H,14H2,1-5H3,(H,29,33)(H,30,36)(H,31,32,34)/b16-12+,21-17-. The zero-order valence-electron chi connectivity index (χ0n) is 21.7. The van der Waals surface area contributed by atoms with E-state index in [9.17, 15) is 4.79 Å². The van der Waals surface area contributed by atoms with Crippen molar-refractivity contribution in [3.05, 3.63) is 71.2 Å². The lowest BCUT2D eigenvalue weighted by molar-refractivity contribution is -0.125. The van der Waals surface area contributed by atoms with Crippen molar-refractivity contribution in [2.75, 3.05) is 19.0 Å². The fraction of sp³-hybridized carbons (Fsp3) is 0.269. The van der Waals surface area contributed by atoms with Crippen molar-refractivity contribution in [2.45, 2.75) is 33.7 Å². The van der Waals surface area contributed by atoms with Crippen molar-refractivity contribution >= 4 is 45.6 Å². The summed E-state index contributed by atoms with van der Waals surface area (Å²) in [5.41, 5.74) is 2.16. The van der Waals surface area contributed by atoms with E-state index in [0.717, 1.165) is 10.9 Å². The Kier molecular flexibility index (Phi) is 8.27. The first-order valence-corrected chi connectivity index (χ1v) is 12.3. The molecule has 11 nitrogen and oxygen atoms in total. The lowest BCUT2D eigenvalue weighted by Gasteiger charge is -2.12. The van der Waals surface area contributed by atoms with Gasteiger partial charge < -0.3 is 20.1 Å². The molecule has 0 aliphatic heterocycles. The summed E-state index contributed by atoms with van der Waals surface area (Å²) in [6.45, 7) is 7.23. The molecule has 0 aliphatic rings. The molecule has 4 aromatic rings. The topological polar surface area (TPSA) is 132 Å². The van der Waals surface area contributed by atoms with Gasteiger partial charge in [0.25, 0.3) is 5.91 Å². The van der Waals surface area contributed by atoms with E-state index >= 15 is 0 Å². The number of benzene rings is 1. The predicted molar refractivity (Wildman–Crippen MR) is 146 cm³/mol. The van der Waals surface area contributed by atoms with Crippen molar-refractivity contribution in [1.82, 2.24) is 35.3 Å². The number of nitrogens with one attached hydrogen (secondary N) is 3. The Morgan fingerprint density at radius 1 is 1.24 bits per heavy atom. The third kappa shape index (κ3) is 6.12. The van der Waals surface area contributed by atoms with Crippen LogP contribution in [-0.4, -0.2) is 55.6 Å². The molecule has 0 radical (unpaired) electrons. The molecule has 0 saturated heterocycles. The zero-order valence-corrected chi connectivity index (χ0v) is 22.5. The highest BCUT2D eigenvalue weighted by Gasteiger charge is 2.17. The number of methoxy groups -OCH3 is 1. The van der Waals surface area contributed by atoms with Gasteiger partial charge in [0.2, 0.25) is 5.95 Å². The molecule has 0 bridgehead atoms. The van der Waals surface area contributed by atoms with Crippen molar-refractivity contribution in [3.8, 4) is 5.82 Å². The van der Waals surface area contributed by atoms with Crippen LogP contribution in [0.4, 0.5) is 11.6 Å². The van der Waals surface area contributed by atoms with Gasteiger partial charge >= 0.3 is 0 Å².